The zero-order chi connectivity index (χ0) is 10.8. The van der Waals surface area contributed by atoms with Gasteiger partial charge in [-0.2, -0.15) is 0 Å². The molecule has 0 radical (unpaired) electrons. The SMILES string of the molecule is O=C(O)C1CCC(Cc2cc(Br)cs2)N1. The zero-order valence-electron chi connectivity index (χ0n) is 8.07. The Morgan fingerprint density at radius 1 is 1.67 bits per heavy atom. The highest BCUT2D eigenvalue weighted by atomic mass is 79.9. The molecule has 2 heterocycles. The molecule has 2 rings (SSSR count). The lowest BCUT2D eigenvalue weighted by atomic mass is 10.1. The molecule has 1 aliphatic heterocycles. The molecule has 1 aromatic heterocycles. The maximum Gasteiger partial charge on any atom is 0.320 e. The molecule has 3 nitrogen and oxygen atoms in total. The molecule has 2 N–H and O–H groups in total. The van der Waals surface area contributed by atoms with Crippen molar-refractivity contribution in [3.05, 3.63) is 20.8 Å². The summed E-state index contributed by atoms with van der Waals surface area (Å²) in [6.07, 6.45) is 2.62. The summed E-state index contributed by atoms with van der Waals surface area (Å²) in [5.41, 5.74) is 0. The number of nitrogens with one attached hydrogen (secondary N) is 1. The van der Waals surface area contributed by atoms with Crippen LogP contribution in [-0.4, -0.2) is 23.2 Å². The lowest BCUT2D eigenvalue weighted by Gasteiger charge is -2.09. The molecule has 0 spiro atoms. The van der Waals surface area contributed by atoms with E-state index in [9.17, 15) is 4.79 Å². The van der Waals surface area contributed by atoms with Crippen molar-refractivity contribution in [2.45, 2.75) is 31.3 Å². The summed E-state index contributed by atoms with van der Waals surface area (Å²) in [5.74, 6) is -0.732. The van der Waals surface area contributed by atoms with Crippen LogP contribution >= 0.6 is 27.3 Å². The van der Waals surface area contributed by atoms with Gasteiger partial charge in [-0.3, -0.25) is 4.79 Å². The monoisotopic (exact) mass is 289 g/mol. The Morgan fingerprint density at radius 3 is 3.00 bits per heavy atom. The lowest BCUT2D eigenvalue weighted by Crippen LogP contribution is -2.36. The van der Waals surface area contributed by atoms with Crippen LogP contribution in [0.3, 0.4) is 0 Å². The molecule has 0 amide bonds. The molecule has 2 unspecified atom stereocenters. The van der Waals surface area contributed by atoms with E-state index in [1.165, 1.54) is 4.88 Å². The van der Waals surface area contributed by atoms with Crippen LogP contribution in [0, 0.1) is 0 Å². The van der Waals surface area contributed by atoms with E-state index in [1.807, 2.05) is 0 Å². The van der Waals surface area contributed by atoms with Crippen molar-refractivity contribution in [3.8, 4) is 0 Å². The van der Waals surface area contributed by atoms with Crippen LogP contribution in [-0.2, 0) is 11.2 Å². The average molecular weight is 290 g/mol. The molecule has 0 aromatic carbocycles. The number of carboxylic acid groups (broad SMARTS) is 1. The summed E-state index contributed by atoms with van der Waals surface area (Å²) < 4.78 is 1.11. The second-order valence-corrected chi connectivity index (χ2v) is 5.68. The van der Waals surface area contributed by atoms with E-state index in [-0.39, 0.29) is 6.04 Å². The topological polar surface area (TPSA) is 49.3 Å². The Bertz CT molecular complexity index is 366. The molecule has 0 saturated carbocycles. The highest BCUT2D eigenvalue weighted by Crippen LogP contribution is 2.24. The van der Waals surface area contributed by atoms with Crippen molar-refractivity contribution in [1.82, 2.24) is 5.32 Å². The minimum atomic E-state index is -0.732. The number of hydrogen-bond donors (Lipinski definition) is 2. The summed E-state index contributed by atoms with van der Waals surface area (Å²) in [6.45, 7) is 0. The standard InChI is InChI=1S/C10H12BrNO2S/c11-6-3-8(15-5-6)4-7-1-2-9(12-7)10(13)14/h3,5,7,9,12H,1-2,4H2,(H,13,14). The van der Waals surface area contributed by atoms with E-state index in [0.717, 1.165) is 23.7 Å². The molecule has 1 aromatic rings. The molecular weight excluding hydrogens is 278 g/mol. The molecule has 15 heavy (non-hydrogen) atoms. The number of hydrogen-bond acceptors (Lipinski definition) is 3. The van der Waals surface area contributed by atoms with Crippen molar-refractivity contribution in [2.24, 2.45) is 0 Å². The van der Waals surface area contributed by atoms with Gasteiger partial charge in [0.25, 0.3) is 0 Å². The number of carboxylic acids is 1. The van der Waals surface area contributed by atoms with E-state index in [2.05, 4.69) is 32.7 Å². The van der Waals surface area contributed by atoms with E-state index in [1.54, 1.807) is 11.3 Å². The number of rotatable bonds is 3. The number of aliphatic carboxylic acids is 1. The first kappa shape index (κ1) is 11.1. The van der Waals surface area contributed by atoms with Gasteiger partial charge < -0.3 is 10.4 Å². The van der Waals surface area contributed by atoms with Crippen LogP contribution in [0.2, 0.25) is 0 Å². The van der Waals surface area contributed by atoms with Crippen LogP contribution in [0.1, 0.15) is 17.7 Å². The average Bonchev–Trinajstić information content (AvgIpc) is 2.76. The van der Waals surface area contributed by atoms with Crippen LogP contribution in [0.4, 0.5) is 0 Å². The Kier molecular flexibility index (Phi) is 3.43. The Hall–Kier alpha value is -0.390. The van der Waals surface area contributed by atoms with Gasteiger partial charge in [0.2, 0.25) is 0 Å². The quantitative estimate of drug-likeness (QED) is 0.897. The van der Waals surface area contributed by atoms with Crippen LogP contribution in [0.25, 0.3) is 0 Å². The van der Waals surface area contributed by atoms with E-state index in [4.69, 9.17) is 5.11 Å². The first-order valence-corrected chi connectivity index (χ1v) is 6.54. The molecule has 0 aliphatic carbocycles. The summed E-state index contributed by atoms with van der Waals surface area (Å²) >= 11 is 5.12. The molecule has 1 saturated heterocycles. The van der Waals surface area contributed by atoms with Gasteiger partial charge in [0.05, 0.1) is 0 Å². The predicted molar refractivity (Wildman–Crippen MR) is 63.3 cm³/mol. The van der Waals surface area contributed by atoms with Gasteiger partial charge in [-0.1, -0.05) is 0 Å². The van der Waals surface area contributed by atoms with Crippen molar-refractivity contribution in [2.75, 3.05) is 0 Å². The van der Waals surface area contributed by atoms with E-state index >= 15 is 0 Å². The smallest absolute Gasteiger partial charge is 0.320 e. The normalized spacial score (nSPS) is 25.7. The minimum Gasteiger partial charge on any atom is -0.480 e. The Morgan fingerprint density at radius 2 is 2.47 bits per heavy atom. The molecule has 1 aliphatic rings. The van der Waals surface area contributed by atoms with Gasteiger partial charge in [0.15, 0.2) is 0 Å². The molecular formula is C10H12BrNO2S. The first-order chi connectivity index (χ1) is 7.15. The maximum atomic E-state index is 10.7. The van der Waals surface area contributed by atoms with E-state index in [0.29, 0.717) is 6.04 Å². The summed E-state index contributed by atoms with van der Waals surface area (Å²) in [5, 5.41) is 14.0. The van der Waals surface area contributed by atoms with Gasteiger partial charge in [0, 0.05) is 20.8 Å². The Balaban J connectivity index is 1.90. The minimum absolute atomic E-state index is 0.316. The first-order valence-electron chi connectivity index (χ1n) is 4.87. The fourth-order valence-electron chi connectivity index (χ4n) is 1.88. The molecule has 5 heteroatoms. The lowest BCUT2D eigenvalue weighted by molar-refractivity contribution is -0.139. The fourth-order valence-corrected chi connectivity index (χ4v) is 3.41. The molecule has 82 valence electrons. The third kappa shape index (κ3) is 2.80. The van der Waals surface area contributed by atoms with Gasteiger partial charge in [-0.05, 0) is 41.3 Å². The van der Waals surface area contributed by atoms with Crippen LogP contribution in [0.15, 0.2) is 15.9 Å². The molecule has 1 fully saturated rings. The van der Waals surface area contributed by atoms with Gasteiger partial charge in [-0.15, -0.1) is 11.3 Å². The zero-order valence-corrected chi connectivity index (χ0v) is 10.5. The second kappa shape index (κ2) is 4.63. The van der Waals surface area contributed by atoms with Crippen LogP contribution < -0.4 is 5.32 Å². The van der Waals surface area contributed by atoms with Gasteiger partial charge >= 0.3 is 5.97 Å². The fraction of sp³-hybridized carbons (Fsp3) is 0.500. The largest absolute Gasteiger partial charge is 0.480 e. The second-order valence-electron chi connectivity index (χ2n) is 3.77. The number of thiophene rings is 1. The highest BCUT2D eigenvalue weighted by molar-refractivity contribution is 9.10. The summed E-state index contributed by atoms with van der Waals surface area (Å²) in [7, 11) is 0. The third-order valence-electron chi connectivity index (χ3n) is 2.61. The third-order valence-corrected chi connectivity index (χ3v) is 4.33. The van der Waals surface area contributed by atoms with Crippen LogP contribution in [0.5, 0.6) is 0 Å². The van der Waals surface area contributed by atoms with Gasteiger partial charge in [-0.25, -0.2) is 0 Å². The predicted octanol–water partition coefficient (Wildman–Crippen LogP) is 2.26. The van der Waals surface area contributed by atoms with Crippen molar-refractivity contribution >= 4 is 33.2 Å². The maximum absolute atomic E-state index is 10.7. The van der Waals surface area contributed by atoms with Crippen molar-refractivity contribution < 1.29 is 9.90 Å². The number of halogens is 1. The summed E-state index contributed by atoms with van der Waals surface area (Å²) in [4.78, 5) is 12.0. The van der Waals surface area contributed by atoms with Gasteiger partial charge in [0.1, 0.15) is 6.04 Å². The Labute approximate surface area is 101 Å². The number of carbonyl (C=O) groups is 1. The van der Waals surface area contributed by atoms with E-state index < -0.39 is 5.97 Å². The molecule has 0 bridgehead atoms. The molecule has 2 atom stereocenters. The summed E-state index contributed by atoms with van der Waals surface area (Å²) in [6, 6.07) is 2.07. The van der Waals surface area contributed by atoms with Crippen molar-refractivity contribution in [1.29, 1.82) is 0 Å². The van der Waals surface area contributed by atoms with Crippen molar-refractivity contribution in [3.63, 3.8) is 0 Å². The highest BCUT2D eigenvalue weighted by Gasteiger charge is 2.28.